The Labute approximate surface area is 128 Å². The fourth-order valence-electron chi connectivity index (χ4n) is 2.93. The third-order valence-corrected chi connectivity index (χ3v) is 4.13. The Hall–Kier alpha value is -1.51. The molecule has 1 aromatic rings. The Morgan fingerprint density at radius 2 is 1.95 bits per heavy atom. The average Bonchev–Trinajstić information content (AvgIpc) is 2.47. The summed E-state index contributed by atoms with van der Waals surface area (Å²) in [5.41, 5.74) is 0.147. The lowest BCUT2D eigenvalue weighted by Crippen LogP contribution is -2.49. The van der Waals surface area contributed by atoms with Gasteiger partial charge in [-0.3, -0.25) is 4.90 Å². The van der Waals surface area contributed by atoms with Gasteiger partial charge in [0.2, 0.25) is 0 Å². The van der Waals surface area contributed by atoms with E-state index in [0.29, 0.717) is 19.4 Å². The van der Waals surface area contributed by atoms with Gasteiger partial charge in [0.15, 0.2) is 0 Å². The van der Waals surface area contributed by atoms with Crippen LogP contribution in [0.25, 0.3) is 0 Å². The Kier molecular flexibility index (Phi) is 5.49. The summed E-state index contributed by atoms with van der Waals surface area (Å²) in [5, 5.41) is 10.2. The molecule has 1 N–H and O–H groups in total. The molecule has 120 valence electrons. The van der Waals surface area contributed by atoms with Gasteiger partial charge in [0.05, 0.1) is 11.7 Å². The molecule has 1 aromatic carbocycles. The van der Waals surface area contributed by atoms with Crippen molar-refractivity contribution < 1.29 is 18.3 Å². The number of terminal acetylenes is 1. The maximum Gasteiger partial charge on any atom is 0.416 e. The fourth-order valence-corrected chi connectivity index (χ4v) is 2.93. The first kappa shape index (κ1) is 16.9. The van der Waals surface area contributed by atoms with Gasteiger partial charge in [-0.1, -0.05) is 12.1 Å². The molecule has 2 rings (SSSR count). The van der Waals surface area contributed by atoms with Crippen LogP contribution in [0.2, 0.25) is 0 Å². The molecule has 1 heterocycles. The number of hydrogen-bond donors (Lipinski definition) is 1. The van der Waals surface area contributed by atoms with E-state index in [-0.39, 0.29) is 6.04 Å². The third kappa shape index (κ3) is 4.25. The molecule has 0 radical (unpaired) electrons. The number of aliphatic hydroxyl groups excluding tert-OH is 1. The van der Waals surface area contributed by atoms with E-state index in [1.807, 2.05) is 0 Å². The van der Waals surface area contributed by atoms with Gasteiger partial charge < -0.3 is 5.11 Å². The van der Waals surface area contributed by atoms with Gasteiger partial charge in [-0.05, 0) is 43.5 Å². The van der Waals surface area contributed by atoms with E-state index < -0.39 is 17.8 Å². The molecular weight excluding hydrogens is 291 g/mol. The number of nitrogens with zero attached hydrogens (tertiary/aromatic N) is 1. The van der Waals surface area contributed by atoms with Crippen molar-refractivity contribution in [3.05, 3.63) is 35.4 Å². The van der Waals surface area contributed by atoms with Crippen LogP contribution in [0, 0.1) is 12.3 Å². The number of benzene rings is 1. The first-order valence-corrected chi connectivity index (χ1v) is 7.43. The van der Waals surface area contributed by atoms with Crippen molar-refractivity contribution in [1.82, 2.24) is 4.90 Å². The van der Waals surface area contributed by atoms with Crippen molar-refractivity contribution in [2.24, 2.45) is 0 Å². The summed E-state index contributed by atoms with van der Waals surface area (Å²) in [7, 11) is 0. The summed E-state index contributed by atoms with van der Waals surface area (Å²) in [4.78, 5) is 2.14. The lowest BCUT2D eigenvalue weighted by atomic mass is 9.92. The zero-order valence-corrected chi connectivity index (χ0v) is 12.3. The van der Waals surface area contributed by atoms with Gasteiger partial charge in [-0.15, -0.1) is 12.3 Å². The molecule has 1 aliphatic rings. The Balaban J connectivity index is 2.07. The molecule has 22 heavy (non-hydrogen) atoms. The largest absolute Gasteiger partial charge is 0.416 e. The molecule has 5 heteroatoms. The minimum Gasteiger partial charge on any atom is -0.391 e. The van der Waals surface area contributed by atoms with E-state index in [2.05, 4.69) is 10.8 Å². The summed E-state index contributed by atoms with van der Waals surface area (Å²) in [6, 6.07) is 5.08. The van der Waals surface area contributed by atoms with E-state index in [9.17, 15) is 18.3 Å². The van der Waals surface area contributed by atoms with Crippen molar-refractivity contribution in [2.75, 3.05) is 13.1 Å². The number of likely N-dealkylation sites (tertiary alicyclic amines) is 1. The van der Waals surface area contributed by atoms with Gasteiger partial charge >= 0.3 is 6.18 Å². The van der Waals surface area contributed by atoms with Crippen molar-refractivity contribution in [2.45, 2.75) is 44.0 Å². The van der Waals surface area contributed by atoms with Crippen molar-refractivity contribution in [3.63, 3.8) is 0 Å². The van der Waals surface area contributed by atoms with Gasteiger partial charge in [0.1, 0.15) is 0 Å². The Morgan fingerprint density at radius 3 is 2.55 bits per heavy atom. The topological polar surface area (TPSA) is 23.5 Å². The number of piperidine rings is 1. The number of hydrogen-bond acceptors (Lipinski definition) is 2. The monoisotopic (exact) mass is 311 g/mol. The predicted molar refractivity (Wildman–Crippen MR) is 79.2 cm³/mol. The van der Waals surface area contributed by atoms with Crippen LogP contribution in [0.15, 0.2) is 24.3 Å². The van der Waals surface area contributed by atoms with Gasteiger partial charge in [-0.2, -0.15) is 13.2 Å². The first-order chi connectivity index (χ1) is 10.4. The molecular formula is C17H20F3NO. The number of halogens is 3. The molecule has 0 saturated carbocycles. The summed E-state index contributed by atoms with van der Waals surface area (Å²) >= 11 is 0. The molecule has 2 unspecified atom stereocenters. The van der Waals surface area contributed by atoms with Crippen molar-refractivity contribution >= 4 is 0 Å². The fraction of sp³-hybridized carbons (Fsp3) is 0.529. The lowest BCUT2D eigenvalue weighted by Gasteiger charge is -2.39. The highest BCUT2D eigenvalue weighted by atomic mass is 19.4. The number of alkyl halides is 3. The zero-order chi connectivity index (χ0) is 16.2. The molecule has 0 aromatic heterocycles. The van der Waals surface area contributed by atoms with Gasteiger partial charge in [0.25, 0.3) is 0 Å². The van der Waals surface area contributed by atoms with E-state index in [1.165, 1.54) is 12.1 Å². The van der Waals surface area contributed by atoms with E-state index in [1.54, 1.807) is 0 Å². The molecule has 1 saturated heterocycles. The van der Waals surface area contributed by atoms with E-state index in [0.717, 1.165) is 37.1 Å². The maximum absolute atomic E-state index is 12.6. The molecule has 0 spiro atoms. The molecule has 0 aliphatic carbocycles. The van der Waals surface area contributed by atoms with Crippen LogP contribution < -0.4 is 0 Å². The van der Waals surface area contributed by atoms with Crippen LogP contribution in [0.4, 0.5) is 13.2 Å². The highest BCUT2D eigenvalue weighted by Crippen LogP contribution is 2.30. The Bertz CT molecular complexity index is 518. The van der Waals surface area contributed by atoms with Crippen molar-refractivity contribution in [1.29, 1.82) is 0 Å². The maximum atomic E-state index is 12.6. The predicted octanol–water partition coefficient (Wildman–Crippen LogP) is 3.10. The van der Waals surface area contributed by atoms with Crippen LogP contribution in [0.5, 0.6) is 0 Å². The molecule has 1 fully saturated rings. The number of aliphatic hydroxyl groups is 1. The second-order valence-electron chi connectivity index (χ2n) is 5.67. The summed E-state index contributed by atoms with van der Waals surface area (Å²) in [6.45, 7) is 1.57. The van der Waals surface area contributed by atoms with Gasteiger partial charge in [0, 0.05) is 19.0 Å². The Morgan fingerprint density at radius 1 is 1.27 bits per heavy atom. The average molecular weight is 311 g/mol. The second-order valence-corrected chi connectivity index (χ2v) is 5.67. The normalized spacial score (nSPS) is 23.2. The summed E-state index contributed by atoms with van der Waals surface area (Å²) < 4.78 is 37.7. The molecule has 2 nitrogen and oxygen atoms in total. The second kappa shape index (κ2) is 7.17. The minimum absolute atomic E-state index is 0.0844. The lowest BCUT2D eigenvalue weighted by molar-refractivity contribution is -0.137. The first-order valence-electron chi connectivity index (χ1n) is 7.43. The standard InChI is InChI=1S/C17H20F3NO/c1-2-3-10-21-11-4-5-16(22)15(21)12-13-6-8-14(9-7-13)17(18,19)20/h1,6-9,15-16,22H,3-5,10-12H2. The molecule has 0 amide bonds. The molecule has 0 bridgehead atoms. The highest BCUT2D eigenvalue weighted by Gasteiger charge is 2.31. The summed E-state index contributed by atoms with van der Waals surface area (Å²) in [6.07, 6.45) is 3.28. The van der Waals surface area contributed by atoms with Crippen molar-refractivity contribution in [3.8, 4) is 12.3 Å². The SMILES string of the molecule is C#CCCN1CCCC(O)C1Cc1ccc(C(F)(F)F)cc1. The minimum atomic E-state index is -4.32. The van der Waals surface area contributed by atoms with Crippen LogP contribution in [0.1, 0.15) is 30.4 Å². The zero-order valence-electron chi connectivity index (χ0n) is 12.3. The smallest absolute Gasteiger partial charge is 0.391 e. The van der Waals surface area contributed by atoms with Crippen LogP contribution in [-0.2, 0) is 12.6 Å². The van der Waals surface area contributed by atoms with Crippen LogP contribution >= 0.6 is 0 Å². The molecule has 2 atom stereocenters. The number of rotatable bonds is 4. The van der Waals surface area contributed by atoms with Gasteiger partial charge in [-0.25, -0.2) is 0 Å². The van der Waals surface area contributed by atoms with Crippen LogP contribution in [0.3, 0.4) is 0 Å². The molecule has 1 aliphatic heterocycles. The summed E-state index contributed by atoms with van der Waals surface area (Å²) in [5.74, 6) is 2.59. The van der Waals surface area contributed by atoms with Crippen LogP contribution in [-0.4, -0.2) is 35.2 Å². The quantitative estimate of drug-likeness (QED) is 0.864. The van der Waals surface area contributed by atoms with E-state index >= 15 is 0 Å². The third-order valence-electron chi connectivity index (χ3n) is 4.13. The van der Waals surface area contributed by atoms with E-state index in [4.69, 9.17) is 6.42 Å². The highest BCUT2D eigenvalue weighted by molar-refractivity contribution is 5.25.